The summed E-state index contributed by atoms with van der Waals surface area (Å²) in [4.78, 5) is 14.1. The highest BCUT2D eigenvalue weighted by atomic mass is 19.4. The molecular weight excluding hydrogens is 411 g/mol. The predicted molar refractivity (Wildman–Crippen MR) is 111 cm³/mol. The highest BCUT2D eigenvalue weighted by Crippen LogP contribution is 2.36. The first-order valence-electron chi connectivity index (χ1n) is 11.0. The maximum absolute atomic E-state index is 12.5. The van der Waals surface area contributed by atoms with E-state index < -0.39 is 6.36 Å². The molecule has 2 aliphatic rings. The molecule has 0 radical (unpaired) electrons. The summed E-state index contributed by atoms with van der Waals surface area (Å²) in [6.07, 6.45) is 0.427. The maximum atomic E-state index is 12.5. The number of nitrogens with two attached hydrogens (primary N) is 1. The second-order valence-corrected chi connectivity index (χ2v) is 8.33. The molecule has 2 unspecified atom stereocenters. The molecule has 1 aromatic carbocycles. The van der Waals surface area contributed by atoms with Gasteiger partial charge in [0.05, 0.1) is 18.8 Å². The molecule has 1 saturated heterocycles. The number of halogens is 3. The Hall–Kier alpha value is -2.00. The number of urea groups is 1. The number of carbonyl (C=O) groups is 1. The average molecular weight is 444 g/mol. The molecule has 3 N–H and O–H groups in total. The van der Waals surface area contributed by atoms with Crippen LogP contribution in [0.4, 0.5) is 18.0 Å². The van der Waals surface area contributed by atoms with E-state index in [1.807, 2.05) is 13.0 Å². The summed E-state index contributed by atoms with van der Waals surface area (Å²) in [6.45, 7) is 3.53. The third-order valence-electron chi connectivity index (χ3n) is 6.16. The zero-order chi connectivity index (χ0) is 22.4. The molecule has 1 aromatic rings. The molecule has 9 heteroatoms. The van der Waals surface area contributed by atoms with Crippen LogP contribution in [-0.4, -0.2) is 55.2 Å². The van der Waals surface area contributed by atoms with Crippen molar-refractivity contribution in [2.75, 3.05) is 19.7 Å². The Morgan fingerprint density at radius 2 is 1.97 bits per heavy atom. The first-order chi connectivity index (χ1) is 14.8. The van der Waals surface area contributed by atoms with Crippen molar-refractivity contribution in [2.45, 2.75) is 75.9 Å². The third kappa shape index (κ3) is 6.74. The summed E-state index contributed by atoms with van der Waals surface area (Å²) in [5.41, 5.74) is 7.14. The predicted octanol–water partition coefficient (Wildman–Crippen LogP) is 4.15. The Morgan fingerprint density at radius 3 is 2.65 bits per heavy atom. The van der Waals surface area contributed by atoms with Gasteiger partial charge in [-0.3, -0.25) is 0 Å². The highest BCUT2D eigenvalue weighted by Gasteiger charge is 2.34. The molecule has 6 nitrogen and oxygen atoms in total. The van der Waals surface area contributed by atoms with E-state index in [4.69, 9.17) is 10.5 Å². The SMILES string of the molecule is CCNC(=O)N1CCCC(N)C1COC1CCC(c2cccc(OC(F)(F)F)c2)CC1. The van der Waals surface area contributed by atoms with Crippen LogP contribution in [0.15, 0.2) is 24.3 Å². The van der Waals surface area contributed by atoms with Crippen molar-refractivity contribution < 1.29 is 27.4 Å². The van der Waals surface area contributed by atoms with E-state index in [-0.39, 0.29) is 35.9 Å². The number of hydrogen-bond acceptors (Lipinski definition) is 4. The second kappa shape index (κ2) is 10.5. The number of nitrogens with one attached hydrogen (secondary N) is 1. The van der Waals surface area contributed by atoms with Gasteiger partial charge in [0.1, 0.15) is 5.75 Å². The first kappa shape index (κ1) is 23.7. The molecule has 1 aliphatic heterocycles. The highest BCUT2D eigenvalue weighted by molar-refractivity contribution is 5.74. The van der Waals surface area contributed by atoms with Crippen molar-refractivity contribution in [1.82, 2.24) is 10.2 Å². The minimum absolute atomic E-state index is 0.0658. The molecule has 0 bridgehead atoms. The standard InChI is InChI=1S/C22H32F3N3O3/c1-2-27-21(29)28-12-4-7-19(26)20(28)14-30-17-10-8-15(9-11-17)16-5-3-6-18(13-16)31-22(23,24)25/h3,5-6,13,15,17,19-20H,2,4,7-12,14,26H2,1H3,(H,27,29). The van der Waals surface area contributed by atoms with Crippen molar-refractivity contribution in [1.29, 1.82) is 0 Å². The van der Waals surface area contributed by atoms with Crippen LogP contribution in [0.2, 0.25) is 0 Å². The van der Waals surface area contributed by atoms with Crippen LogP contribution in [0.25, 0.3) is 0 Å². The van der Waals surface area contributed by atoms with Gasteiger partial charge >= 0.3 is 12.4 Å². The van der Waals surface area contributed by atoms with Crippen molar-refractivity contribution in [3.63, 3.8) is 0 Å². The molecule has 1 aliphatic carbocycles. The molecule has 2 amide bonds. The summed E-state index contributed by atoms with van der Waals surface area (Å²) in [5.74, 6) is 0.000471. The summed E-state index contributed by atoms with van der Waals surface area (Å²) >= 11 is 0. The molecule has 1 heterocycles. The van der Waals surface area contributed by atoms with Gasteiger partial charge in [0.2, 0.25) is 0 Å². The van der Waals surface area contributed by atoms with Crippen molar-refractivity contribution in [3.05, 3.63) is 29.8 Å². The molecule has 0 spiro atoms. The van der Waals surface area contributed by atoms with Gasteiger partial charge < -0.3 is 25.4 Å². The van der Waals surface area contributed by atoms with Gasteiger partial charge in [-0.1, -0.05) is 12.1 Å². The number of carbonyl (C=O) groups excluding carboxylic acids is 1. The zero-order valence-electron chi connectivity index (χ0n) is 17.9. The zero-order valence-corrected chi connectivity index (χ0v) is 17.9. The monoisotopic (exact) mass is 443 g/mol. The van der Waals surface area contributed by atoms with E-state index in [1.165, 1.54) is 12.1 Å². The minimum atomic E-state index is -4.69. The summed E-state index contributed by atoms with van der Waals surface area (Å²) < 4.78 is 47.6. The summed E-state index contributed by atoms with van der Waals surface area (Å²) in [6, 6.07) is 5.89. The minimum Gasteiger partial charge on any atom is -0.406 e. The number of likely N-dealkylation sites (tertiary alicyclic amines) is 1. The van der Waals surface area contributed by atoms with Gasteiger partial charge in [-0.25, -0.2) is 4.79 Å². The topological polar surface area (TPSA) is 76.8 Å². The largest absolute Gasteiger partial charge is 0.573 e. The van der Waals surface area contributed by atoms with Gasteiger partial charge in [0, 0.05) is 19.1 Å². The van der Waals surface area contributed by atoms with Gasteiger partial charge in [0.25, 0.3) is 0 Å². The number of nitrogens with zero attached hydrogens (tertiary/aromatic N) is 1. The lowest BCUT2D eigenvalue weighted by Gasteiger charge is -2.40. The summed E-state index contributed by atoms with van der Waals surface area (Å²) in [7, 11) is 0. The van der Waals surface area contributed by atoms with Crippen LogP contribution in [0, 0.1) is 0 Å². The van der Waals surface area contributed by atoms with Gasteiger partial charge in [-0.15, -0.1) is 13.2 Å². The number of alkyl halides is 3. The lowest BCUT2D eigenvalue weighted by atomic mass is 9.82. The van der Waals surface area contributed by atoms with Crippen LogP contribution < -0.4 is 15.8 Å². The number of piperidine rings is 1. The Labute approximate surface area is 181 Å². The molecule has 174 valence electrons. The van der Waals surface area contributed by atoms with Gasteiger partial charge in [-0.2, -0.15) is 0 Å². The van der Waals surface area contributed by atoms with Crippen LogP contribution >= 0.6 is 0 Å². The fourth-order valence-corrected chi connectivity index (χ4v) is 4.57. The molecule has 0 aromatic heterocycles. The van der Waals surface area contributed by atoms with Crippen LogP contribution in [-0.2, 0) is 4.74 Å². The van der Waals surface area contributed by atoms with Crippen LogP contribution in [0.5, 0.6) is 5.75 Å². The van der Waals surface area contributed by atoms with Crippen molar-refractivity contribution >= 4 is 6.03 Å². The lowest BCUT2D eigenvalue weighted by molar-refractivity contribution is -0.274. The van der Waals surface area contributed by atoms with Crippen molar-refractivity contribution in [3.8, 4) is 5.75 Å². The van der Waals surface area contributed by atoms with Crippen LogP contribution in [0.1, 0.15) is 56.9 Å². The molecular formula is C22H32F3N3O3. The molecule has 3 rings (SSSR count). The van der Waals surface area contributed by atoms with E-state index in [0.717, 1.165) is 44.1 Å². The van der Waals surface area contributed by atoms with Gasteiger partial charge in [-0.05, 0) is 69.1 Å². The van der Waals surface area contributed by atoms with Crippen LogP contribution in [0.3, 0.4) is 0 Å². The Bertz CT molecular complexity index is 723. The third-order valence-corrected chi connectivity index (χ3v) is 6.16. The Kier molecular flexibility index (Phi) is 8.05. The second-order valence-electron chi connectivity index (χ2n) is 8.33. The number of hydrogen-bond donors (Lipinski definition) is 2. The van der Waals surface area contributed by atoms with E-state index in [0.29, 0.717) is 19.7 Å². The molecule has 2 fully saturated rings. The van der Waals surface area contributed by atoms with E-state index in [1.54, 1.807) is 11.0 Å². The molecule has 31 heavy (non-hydrogen) atoms. The number of benzene rings is 1. The number of amides is 2. The quantitative estimate of drug-likeness (QED) is 0.693. The summed E-state index contributed by atoms with van der Waals surface area (Å²) in [5, 5.41) is 2.84. The first-order valence-corrected chi connectivity index (χ1v) is 11.0. The number of rotatable bonds is 6. The van der Waals surface area contributed by atoms with Gasteiger partial charge in [0.15, 0.2) is 0 Å². The maximum Gasteiger partial charge on any atom is 0.573 e. The fraction of sp³-hybridized carbons (Fsp3) is 0.682. The van der Waals surface area contributed by atoms with E-state index in [9.17, 15) is 18.0 Å². The fourth-order valence-electron chi connectivity index (χ4n) is 4.57. The van der Waals surface area contributed by atoms with E-state index >= 15 is 0 Å². The molecule has 1 saturated carbocycles. The number of ether oxygens (including phenoxy) is 2. The Morgan fingerprint density at radius 1 is 1.23 bits per heavy atom. The lowest BCUT2D eigenvalue weighted by Crippen LogP contribution is -2.58. The Balaban J connectivity index is 1.51. The average Bonchev–Trinajstić information content (AvgIpc) is 2.72. The molecule has 2 atom stereocenters. The van der Waals surface area contributed by atoms with E-state index in [2.05, 4.69) is 10.1 Å². The van der Waals surface area contributed by atoms with Crippen molar-refractivity contribution in [2.24, 2.45) is 5.73 Å². The smallest absolute Gasteiger partial charge is 0.406 e. The normalized spacial score (nSPS) is 27.1.